The predicted octanol–water partition coefficient (Wildman–Crippen LogP) is 2.10. The zero-order valence-electron chi connectivity index (χ0n) is 11.0. The first-order valence-corrected chi connectivity index (χ1v) is 6.35. The summed E-state index contributed by atoms with van der Waals surface area (Å²) in [6.45, 7) is 9.58. The Kier molecular flexibility index (Phi) is 4.83. The number of terminal acetylenes is 1. The second-order valence-electron chi connectivity index (χ2n) is 6.14. The van der Waals surface area contributed by atoms with Crippen LogP contribution in [0.25, 0.3) is 0 Å². The second kappa shape index (κ2) is 5.70. The average molecular weight is 222 g/mol. The van der Waals surface area contributed by atoms with E-state index in [1.165, 1.54) is 19.4 Å². The fourth-order valence-electron chi connectivity index (χ4n) is 1.78. The van der Waals surface area contributed by atoms with Crippen molar-refractivity contribution < 1.29 is 0 Å². The molecule has 1 fully saturated rings. The van der Waals surface area contributed by atoms with Crippen LogP contribution in [0.15, 0.2) is 0 Å². The summed E-state index contributed by atoms with van der Waals surface area (Å²) in [7, 11) is 0. The molecule has 92 valence electrons. The molecule has 0 spiro atoms. The maximum atomic E-state index is 6.16. The predicted molar refractivity (Wildman–Crippen MR) is 70.0 cm³/mol. The van der Waals surface area contributed by atoms with Gasteiger partial charge in [-0.25, -0.2) is 0 Å². The van der Waals surface area contributed by atoms with Crippen LogP contribution in [0.3, 0.4) is 0 Å². The molecule has 2 N–H and O–H groups in total. The molecular formula is C14H26N2. The molecule has 0 aliphatic heterocycles. The second-order valence-corrected chi connectivity index (χ2v) is 6.14. The Morgan fingerprint density at radius 3 is 2.50 bits per heavy atom. The molecule has 0 aromatic carbocycles. The van der Waals surface area contributed by atoms with Gasteiger partial charge in [0.05, 0.1) is 6.54 Å². The number of nitrogens with zero attached hydrogens (tertiary/aromatic N) is 1. The third kappa shape index (κ3) is 5.01. The molecule has 0 heterocycles. The summed E-state index contributed by atoms with van der Waals surface area (Å²) in [4.78, 5) is 2.38. The summed E-state index contributed by atoms with van der Waals surface area (Å²) in [5.74, 6) is 3.65. The van der Waals surface area contributed by atoms with E-state index in [1.807, 2.05) is 0 Å². The van der Waals surface area contributed by atoms with Crippen molar-refractivity contribution in [3.8, 4) is 12.3 Å². The summed E-state index contributed by atoms with van der Waals surface area (Å²) in [5, 5.41) is 0. The molecule has 16 heavy (non-hydrogen) atoms. The van der Waals surface area contributed by atoms with Crippen LogP contribution in [0.2, 0.25) is 0 Å². The van der Waals surface area contributed by atoms with Gasteiger partial charge in [-0.05, 0) is 30.6 Å². The lowest BCUT2D eigenvalue weighted by molar-refractivity contribution is 0.238. The zero-order chi connectivity index (χ0) is 12.2. The van der Waals surface area contributed by atoms with Crippen LogP contribution in [-0.2, 0) is 0 Å². The first-order chi connectivity index (χ1) is 7.43. The SMILES string of the molecule is C#CCN(CCC(N)C(C)(C)C)CC1CC1. The molecule has 0 radical (unpaired) electrons. The van der Waals surface area contributed by atoms with E-state index in [0.717, 1.165) is 25.4 Å². The van der Waals surface area contributed by atoms with E-state index < -0.39 is 0 Å². The molecule has 1 aliphatic carbocycles. The Bertz CT molecular complexity index is 242. The molecule has 2 heteroatoms. The lowest BCUT2D eigenvalue weighted by Gasteiger charge is -2.29. The minimum Gasteiger partial charge on any atom is -0.327 e. The van der Waals surface area contributed by atoms with Gasteiger partial charge in [0, 0.05) is 19.1 Å². The van der Waals surface area contributed by atoms with E-state index in [-0.39, 0.29) is 11.5 Å². The zero-order valence-corrected chi connectivity index (χ0v) is 11.0. The summed E-state index contributed by atoms with van der Waals surface area (Å²) in [6, 6.07) is 0.256. The van der Waals surface area contributed by atoms with Gasteiger partial charge in [0.1, 0.15) is 0 Å². The lowest BCUT2D eigenvalue weighted by Crippen LogP contribution is -2.39. The van der Waals surface area contributed by atoms with Crippen molar-refractivity contribution >= 4 is 0 Å². The smallest absolute Gasteiger partial charge is 0.0599 e. The minimum absolute atomic E-state index is 0.196. The van der Waals surface area contributed by atoms with Crippen molar-refractivity contribution in [3.05, 3.63) is 0 Å². The van der Waals surface area contributed by atoms with E-state index in [4.69, 9.17) is 12.2 Å². The third-order valence-electron chi connectivity index (χ3n) is 3.40. The van der Waals surface area contributed by atoms with Crippen LogP contribution in [0.4, 0.5) is 0 Å². The standard InChI is InChI=1S/C14H26N2/c1-5-9-16(11-12-6-7-12)10-8-13(15)14(2,3)4/h1,12-13H,6-11,15H2,2-4H3. The Labute approximate surface area is 101 Å². The van der Waals surface area contributed by atoms with Crippen LogP contribution in [-0.4, -0.2) is 30.6 Å². The van der Waals surface area contributed by atoms with Crippen LogP contribution < -0.4 is 5.73 Å². The van der Waals surface area contributed by atoms with Crippen molar-refractivity contribution in [3.63, 3.8) is 0 Å². The van der Waals surface area contributed by atoms with Gasteiger partial charge in [-0.1, -0.05) is 26.7 Å². The average Bonchev–Trinajstić information content (AvgIpc) is 2.96. The number of hydrogen-bond donors (Lipinski definition) is 1. The highest BCUT2D eigenvalue weighted by Gasteiger charge is 2.25. The number of nitrogens with two attached hydrogens (primary N) is 1. The lowest BCUT2D eigenvalue weighted by atomic mass is 9.85. The normalized spacial score (nSPS) is 18.5. The van der Waals surface area contributed by atoms with Crippen molar-refractivity contribution in [2.75, 3.05) is 19.6 Å². The molecule has 0 bridgehead atoms. The highest BCUT2D eigenvalue weighted by molar-refractivity contribution is 4.90. The van der Waals surface area contributed by atoms with Gasteiger partial charge < -0.3 is 5.73 Å². The number of rotatable bonds is 6. The Morgan fingerprint density at radius 1 is 1.44 bits per heavy atom. The molecule has 1 atom stereocenters. The van der Waals surface area contributed by atoms with Gasteiger partial charge in [-0.15, -0.1) is 6.42 Å². The molecule has 2 nitrogen and oxygen atoms in total. The van der Waals surface area contributed by atoms with Crippen LogP contribution in [0.5, 0.6) is 0 Å². The van der Waals surface area contributed by atoms with Crippen LogP contribution in [0, 0.1) is 23.7 Å². The fourth-order valence-corrected chi connectivity index (χ4v) is 1.78. The summed E-state index contributed by atoms with van der Waals surface area (Å²) in [5.41, 5.74) is 6.36. The first kappa shape index (κ1) is 13.5. The van der Waals surface area contributed by atoms with Crippen molar-refractivity contribution in [1.82, 2.24) is 4.90 Å². The summed E-state index contributed by atoms with van der Waals surface area (Å²) >= 11 is 0. The molecule has 0 aromatic rings. The molecule has 0 saturated heterocycles. The third-order valence-corrected chi connectivity index (χ3v) is 3.40. The van der Waals surface area contributed by atoms with E-state index >= 15 is 0 Å². The monoisotopic (exact) mass is 222 g/mol. The fraction of sp³-hybridized carbons (Fsp3) is 0.857. The molecule has 1 aliphatic rings. The molecule has 0 amide bonds. The minimum atomic E-state index is 0.196. The van der Waals surface area contributed by atoms with Gasteiger partial charge >= 0.3 is 0 Å². The maximum absolute atomic E-state index is 6.16. The van der Waals surface area contributed by atoms with Crippen LogP contribution in [0.1, 0.15) is 40.0 Å². The summed E-state index contributed by atoms with van der Waals surface area (Å²) in [6.07, 6.45) is 9.20. The van der Waals surface area contributed by atoms with Crippen molar-refractivity contribution in [1.29, 1.82) is 0 Å². The van der Waals surface area contributed by atoms with E-state index in [0.29, 0.717) is 0 Å². The van der Waals surface area contributed by atoms with Gasteiger partial charge in [-0.3, -0.25) is 4.90 Å². The Balaban J connectivity index is 2.28. The van der Waals surface area contributed by atoms with Gasteiger partial charge in [0.15, 0.2) is 0 Å². The largest absolute Gasteiger partial charge is 0.327 e. The maximum Gasteiger partial charge on any atom is 0.0599 e. The Morgan fingerprint density at radius 2 is 2.06 bits per heavy atom. The van der Waals surface area contributed by atoms with Gasteiger partial charge in [-0.2, -0.15) is 0 Å². The van der Waals surface area contributed by atoms with Gasteiger partial charge in [0.2, 0.25) is 0 Å². The molecule has 0 aromatic heterocycles. The van der Waals surface area contributed by atoms with Crippen molar-refractivity contribution in [2.45, 2.75) is 46.1 Å². The summed E-state index contributed by atoms with van der Waals surface area (Å²) < 4.78 is 0. The molecule has 1 unspecified atom stereocenters. The molecule has 1 rings (SSSR count). The van der Waals surface area contributed by atoms with E-state index in [9.17, 15) is 0 Å². The topological polar surface area (TPSA) is 29.3 Å². The van der Waals surface area contributed by atoms with E-state index in [2.05, 4.69) is 31.6 Å². The van der Waals surface area contributed by atoms with Gasteiger partial charge in [0.25, 0.3) is 0 Å². The van der Waals surface area contributed by atoms with Crippen LogP contribution >= 0.6 is 0 Å². The quantitative estimate of drug-likeness (QED) is 0.697. The molecular weight excluding hydrogens is 196 g/mol. The number of hydrogen-bond acceptors (Lipinski definition) is 2. The highest BCUT2D eigenvalue weighted by Crippen LogP contribution is 2.30. The Hall–Kier alpha value is -0.520. The van der Waals surface area contributed by atoms with Crippen molar-refractivity contribution in [2.24, 2.45) is 17.1 Å². The first-order valence-electron chi connectivity index (χ1n) is 6.35. The highest BCUT2D eigenvalue weighted by atomic mass is 15.1. The molecule has 1 saturated carbocycles. The van der Waals surface area contributed by atoms with E-state index in [1.54, 1.807) is 0 Å².